The fraction of sp³-hybridized carbons (Fsp3) is 0.879. The molecular formula is C33H54O7. The Kier molecular flexibility index (Phi) is 8.71. The smallest absolute Gasteiger partial charge is 0.186 e. The second kappa shape index (κ2) is 11.4. The van der Waals surface area contributed by atoms with Crippen molar-refractivity contribution in [2.75, 3.05) is 0 Å². The van der Waals surface area contributed by atoms with Crippen LogP contribution >= 0.6 is 0 Å². The molecule has 7 heteroatoms. The van der Waals surface area contributed by atoms with Gasteiger partial charge in [-0.25, -0.2) is 0 Å². The number of hydrogen-bond acceptors (Lipinski definition) is 7. The van der Waals surface area contributed by atoms with Crippen molar-refractivity contribution in [2.24, 2.45) is 40.4 Å². The van der Waals surface area contributed by atoms with E-state index in [1.807, 2.05) is 0 Å². The number of allylic oxidation sites excluding steroid dienone is 2. The molecule has 4 fully saturated rings. The van der Waals surface area contributed by atoms with E-state index in [1.54, 1.807) is 6.92 Å². The molecule has 1 heterocycles. The Hall–Kier alpha value is -0.800. The van der Waals surface area contributed by atoms with Crippen LogP contribution in [-0.4, -0.2) is 74.6 Å². The van der Waals surface area contributed by atoms with E-state index in [4.69, 9.17) is 9.47 Å². The lowest BCUT2D eigenvalue weighted by atomic mass is 9.47. The first-order chi connectivity index (χ1) is 18.8. The molecule has 1 aliphatic heterocycles. The van der Waals surface area contributed by atoms with Crippen molar-refractivity contribution < 1.29 is 35.0 Å². The topological polar surface area (TPSA) is 120 Å². The van der Waals surface area contributed by atoms with E-state index in [2.05, 4.69) is 46.8 Å². The van der Waals surface area contributed by atoms with Crippen molar-refractivity contribution in [2.45, 2.75) is 142 Å². The summed E-state index contributed by atoms with van der Waals surface area (Å²) in [6.45, 7) is 12.8. The highest BCUT2D eigenvalue weighted by Crippen LogP contribution is 2.68. The number of aliphatic hydroxyl groups is 5. The minimum absolute atomic E-state index is 0.0315. The third kappa shape index (κ3) is 5.16. The predicted octanol–water partition coefficient (Wildman–Crippen LogP) is 4.10. The predicted molar refractivity (Wildman–Crippen MR) is 153 cm³/mol. The standard InChI is InChI=1S/C33H54O7/c1-17(2)7-10-25(35)18(3)27-26(40-31-30(38)29(37)28(36)19(4)39-31)16-24-22-9-8-20-15-21(34)11-13-32(20,5)23(22)12-14-33(24,27)6/h7-8,18-19,21-31,34-38H,9-16H2,1-6H3/t18-,19-,21+,22-,23+,24+,25+,26+,27+,28-,29+,30+,31-,32+,33+/m1/s1. The van der Waals surface area contributed by atoms with E-state index in [0.29, 0.717) is 24.2 Å². The Balaban J connectivity index is 1.46. The third-order valence-electron chi connectivity index (χ3n) is 12.2. The van der Waals surface area contributed by atoms with Crippen LogP contribution in [0, 0.1) is 40.4 Å². The van der Waals surface area contributed by atoms with Crippen LogP contribution in [0.2, 0.25) is 0 Å². The molecule has 7 nitrogen and oxygen atoms in total. The Labute approximate surface area is 240 Å². The lowest BCUT2D eigenvalue weighted by Gasteiger charge is -2.58. The molecule has 0 unspecified atom stereocenters. The molecule has 5 aliphatic rings. The van der Waals surface area contributed by atoms with Crippen LogP contribution < -0.4 is 0 Å². The molecule has 0 radical (unpaired) electrons. The summed E-state index contributed by atoms with van der Waals surface area (Å²) in [5.74, 6) is 1.49. The van der Waals surface area contributed by atoms with Crippen molar-refractivity contribution in [1.29, 1.82) is 0 Å². The average molecular weight is 563 g/mol. The summed E-state index contributed by atoms with van der Waals surface area (Å²) in [4.78, 5) is 0. The van der Waals surface area contributed by atoms with Crippen LogP contribution in [0.5, 0.6) is 0 Å². The summed E-state index contributed by atoms with van der Waals surface area (Å²) < 4.78 is 12.5. The van der Waals surface area contributed by atoms with Crippen LogP contribution in [0.1, 0.15) is 92.9 Å². The quantitative estimate of drug-likeness (QED) is 0.309. The van der Waals surface area contributed by atoms with Gasteiger partial charge in [0.05, 0.1) is 24.4 Å². The van der Waals surface area contributed by atoms with E-state index < -0.39 is 36.8 Å². The van der Waals surface area contributed by atoms with Crippen LogP contribution in [0.4, 0.5) is 0 Å². The molecule has 228 valence electrons. The molecule has 0 spiro atoms. The van der Waals surface area contributed by atoms with Gasteiger partial charge in [-0.15, -0.1) is 0 Å². The third-order valence-corrected chi connectivity index (χ3v) is 12.2. The van der Waals surface area contributed by atoms with E-state index >= 15 is 0 Å². The van der Waals surface area contributed by atoms with Crippen LogP contribution in [-0.2, 0) is 9.47 Å². The van der Waals surface area contributed by atoms with Crippen molar-refractivity contribution in [1.82, 2.24) is 0 Å². The zero-order valence-electron chi connectivity index (χ0n) is 25.4. The molecule has 40 heavy (non-hydrogen) atoms. The van der Waals surface area contributed by atoms with Gasteiger partial charge in [0, 0.05) is 0 Å². The largest absolute Gasteiger partial charge is 0.393 e. The highest BCUT2D eigenvalue weighted by Gasteiger charge is 2.63. The van der Waals surface area contributed by atoms with Gasteiger partial charge in [-0.3, -0.25) is 0 Å². The first-order valence-corrected chi connectivity index (χ1v) is 15.8. The van der Waals surface area contributed by atoms with Gasteiger partial charge >= 0.3 is 0 Å². The Morgan fingerprint density at radius 2 is 1.80 bits per heavy atom. The van der Waals surface area contributed by atoms with Crippen LogP contribution in [0.25, 0.3) is 0 Å². The van der Waals surface area contributed by atoms with E-state index in [-0.39, 0.29) is 34.9 Å². The van der Waals surface area contributed by atoms with Crippen LogP contribution in [0.3, 0.4) is 0 Å². The molecule has 3 saturated carbocycles. The van der Waals surface area contributed by atoms with Crippen molar-refractivity contribution in [3.8, 4) is 0 Å². The summed E-state index contributed by atoms with van der Waals surface area (Å²) in [7, 11) is 0. The number of hydrogen-bond donors (Lipinski definition) is 5. The van der Waals surface area contributed by atoms with Gasteiger partial charge in [0.1, 0.15) is 18.3 Å². The molecule has 0 bridgehead atoms. The maximum Gasteiger partial charge on any atom is 0.186 e. The number of rotatable bonds is 6. The van der Waals surface area contributed by atoms with Gasteiger partial charge < -0.3 is 35.0 Å². The number of ether oxygens (including phenoxy) is 2. The summed E-state index contributed by atoms with van der Waals surface area (Å²) in [6, 6.07) is 0. The van der Waals surface area contributed by atoms with Gasteiger partial charge in [-0.05, 0) is 113 Å². The van der Waals surface area contributed by atoms with E-state index in [0.717, 1.165) is 44.9 Å². The average Bonchev–Trinajstić information content (AvgIpc) is 3.20. The van der Waals surface area contributed by atoms with Gasteiger partial charge in [0.25, 0.3) is 0 Å². The number of aliphatic hydroxyl groups excluding tert-OH is 5. The summed E-state index contributed by atoms with van der Waals surface area (Å²) in [6.07, 6.45) is 5.33. The second-order valence-electron chi connectivity index (χ2n) is 14.8. The zero-order chi connectivity index (χ0) is 29.1. The van der Waals surface area contributed by atoms with E-state index in [1.165, 1.54) is 11.1 Å². The first kappa shape index (κ1) is 30.7. The second-order valence-corrected chi connectivity index (χ2v) is 14.8. The SMILES string of the molecule is CC(C)=CC[C@H](O)[C@@H](C)[C@H]1[C@@H](O[C@H]2O[C@H](C)[C@@H](O)[C@H](O)[C@@H]2O)C[C@H]2[C@@H]3CC=C4C[C@@H](O)CC[C@]4(C)[C@H]3CC[C@]12C. The fourth-order valence-electron chi connectivity index (χ4n) is 9.86. The molecule has 0 amide bonds. The Bertz CT molecular complexity index is 976. The highest BCUT2D eigenvalue weighted by molar-refractivity contribution is 5.26. The van der Waals surface area contributed by atoms with Crippen molar-refractivity contribution in [3.63, 3.8) is 0 Å². The minimum Gasteiger partial charge on any atom is -0.393 e. The highest BCUT2D eigenvalue weighted by atomic mass is 16.7. The van der Waals surface area contributed by atoms with Gasteiger partial charge in [-0.1, -0.05) is 44.1 Å². The molecule has 1 saturated heterocycles. The zero-order valence-corrected chi connectivity index (χ0v) is 25.4. The molecule has 4 aliphatic carbocycles. The summed E-state index contributed by atoms with van der Waals surface area (Å²) >= 11 is 0. The molecule has 5 N–H and O–H groups in total. The van der Waals surface area contributed by atoms with E-state index in [9.17, 15) is 25.5 Å². The molecule has 0 aromatic rings. The molecule has 0 aromatic carbocycles. The van der Waals surface area contributed by atoms with Crippen molar-refractivity contribution in [3.05, 3.63) is 23.3 Å². The maximum atomic E-state index is 11.4. The number of fused-ring (bicyclic) bond motifs is 5. The van der Waals surface area contributed by atoms with Gasteiger partial charge in [0.15, 0.2) is 6.29 Å². The van der Waals surface area contributed by atoms with Gasteiger partial charge in [0.2, 0.25) is 0 Å². The summed E-state index contributed by atoms with van der Waals surface area (Å²) in [5, 5.41) is 53.3. The maximum absolute atomic E-state index is 11.4. The lowest BCUT2D eigenvalue weighted by Crippen LogP contribution is -2.58. The van der Waals surface area contributed by atoms with Crippen LogP contribution in [0.15, 0.2) is 23.3 Å². The lowest BCUT2D eigenvalue weighted by molar-refractivity contribution is -0.309. The minimum atomic E-state index is -1.34. The Morgan fingerprint density at radius 1 is 1.07 bits per heavy atom. The molecule has 5 rings (SSSR count). The molecule has 0 aromatic heterocycles. The summed E-state index contributed by atoms with van der Waals surface area (Å²) in [5.41, 5.74) is 2.72. The first-order valence-electron chi connectivity index (χ1n) is 15.8. The normalized spacial score (nSPS) is 50.2. The molecular weight excluding hydrogens is 508 g/mol. The van der Waals surface area contributed by atoms with Gasteiger partial charge in [-0.2, -0.15) is 0 Å². The van der Waals surface area contributed by atoms with Crippen molar-refractivity contribution >= 4 is 0 Å². The fourth-order valence-corrected chi connectivity index (χ4v) is 9.86. The Morgan fingerprint density at radius 3 is 2.50 bits per heavy atom. The molecule has 15 atom stereocenters. The monoisotopic (exact) mass is 562 g/mol.